The van der Waals surface area contributed by atoms with Crippen molar-refractivity contribution < 1.29 is 9.18 Å². The van der Waals surface area contributed by atoms with Crippen LogP contribution in [-0.2, 0) is 4.79 Å². The van der Waals surface area contributed by atoms with Crippen molar-refractivity contribution in [2.75, 3.05) is 5.32 Å². The number of nitrogens with one attached hydrogen (secondary N) is 1. The smallest absolute Gasteiger partial charge is 0.238 e. The number of anilines is 1. The van der Waals surface area contributed by atoms with E-state index in [1.54, 1.807) is 37.3 Å². The number of amides is 1. The number of aromatic nitrogens is 1. The molecule has 104 valence electrons. The van der Waals surface area contributed by atoms with Crippen molar-refractivity contribution in [1.29, 1.82) is 0 Å². The number of benzene rings is 1. The highest BCUT2D eigenvalue weighted by atomic mass is 35.5. The first-order valence-electron chi connectivity index (χ1n) is 5.90. The molecule has 1 N–H and O–H groups in total. The summed E-state index contributed by atoms with van der Waals surface area (Å²) < 4.78 is 13.5. The molecule has 0 fully saturated rings. The Bertz CT molecular complexity index is 606. The molecule has 1 atom stereocenters. The fourth-order valence-electron chi connectivity index (χ4n) is 1.46. The minimum Gasteiger partial charge on any atom is -0.310 e. The van der Waals surface area contributed by atoms with Crippen LogP contribution < -0.4 is 5.32 Å². The van der Waals surface area contributed by atoms with Crippen molar-refractivity contribution in [2.45, 2.75) is 17.1 Å². The summed E-state index contributed by atoms with van der Waals surface area (Å²) in [5, 5.41) is 2.71. The van der Waals surface area contributed by atoms with Gasteiger partial charge in [0.25, 0.3) is 0 Å². The minimum atomic E-state index is -0.440. The van der Waals surface area contributed by atoms with E-state index >= 15 is 0 Å². The van der Waals surface area contributed by atoms with E-state index in [0.29, 0.717) is 15.7 Å². The monoisotopic (exact) mass is 310 g/mol. The van der Waals surface area contributed by atoms with Gasteiger partial charge in [0.1, 0.15) is 11.6 Å². The molecule has 0 saturated heterocycles. The number of nitrogens with zero attached hydrogens (tertiary/aromatic N) is 1. The fraction of sp³-hybridized carbons (Fsp3) is 0.143. The number of thioether (sulfide) groups is 1. The summed E-state index contributed by atoms with van der Waals surface area (Å²) in [4.78, 5) is 16.4. The molecule has 0 aliphatic rings. The largest absolute Gasteiger partial charge is 0.310 e. The molecule has 2 aromatic rings. The van der Waals surface area contributed by atoms with Gasteiger partial charge in [-0.05, 0) is 31.2 Å². The average Bonchev–Trinajstić information content (AvgIpc) is 2.44. The van der Waals surface area contributed by atoms with E-state index in [1.165, 1.54) is 12.3 Å². The first-order valence-corrected chi connectivity index (χ1v) is 7.15. The van der Waals surface area contributed by atoms with Crippen LogP contribution in [0.25, 0.3) is 0 Å². The molecule has 0 aliphatic carbocycles. The predicted molar refractivity (Wildman–Crippen MR) is 79.6 cm³/mol. The van der Waals surface area contributed by atoms with Crippen LogP contribution >= 0.6 is 23.4 Å². The van der Waals surface area contributed by atoms with Crippen LogP contribution in [0, 0.1) is 5.82 Å². The number of rotatable bonds is 4. The van der Waals surface area contributed by atoms with Gasteiger partial charge in [0, 0.05) is 11.1 Å². The topological polar surface area (TPSA) is 42.0 Å². The Balaban J connectivity index is 1.99. The Morgan fingerprint density at radius 1 is 1.35 bits per heavy atom. The number of hydrogen-bond acceptors (Lipinski definition) is 3. The molecule has 3 nitrogen and oxygen atoms in total. The van der Waals surface area contributed by atoms with Crippen molar-refractivity contribution in [3.05, 3.63) is 53.4 Å². The lowest BCUT2D eigenvalue weighted by Crippen LogP contribution is -2.23. The van der Waals surface area contributed by atoms with E-state index in [0.717, 1.165) is 11.8 Å². The highest BCUT2D eigenvalue weighted by molar-refractivity contribution is 8.00. The normalized spacial score (nSPS) is 11.9. The second-order valence-electron chi connectivity index (χ2n) is 4.04. The van der Waals surface area contributed by atoms with Crippen LogP contribution in [0.3, 0.4) is 0 Å². The zero-order chi connectivity index (χ0) is 14.5. The lowest BCUT2D eigenvalue weighted by atomic mass is 10.3. The molecule has 0 saturated carbocycles. The third-order valence-electron chi connectivity index (χ3n) is 2.49. The summed E-state index contributed by atoms with van der Waals surface area (Å²) in [6, 6.07) is 9.61. The highest BCUT2D eigenvalue weighted by Crippen LogP contribution is 2.26. The van der Waals surface area contributed by atoms with Crippen molar-refractivity contribution in [3.63, 3.8) is 0 Å². The first-order chi connectivity index (χ1) is 9.56. The molecular formula is C14H12ClFN2OS. The van der Waals surface area contributed by atoms with Gasteiger partial charge < -0.3 is 5.32 Å². The zero-order valence-corrected chi connectivity index (χ0v) is 12.2. The van der Waals surface area contributed by atoms with Gasteiger partial charge in [0.05, 0.1) is 10.3 Å². The van der Waals surface area contributed by atoms with Gasteiger partial charge >= 0.3 is 0 Å². The molecule has 1 aromatic carbocycles. The summed E-state index contributed by atoms with van der Waals surface area (Å²) in [7, 11) is 0. The van der Waals surface area contributed by atoms with Crippen molar-refractivity contribution in [1.82, 2.24) is 4.98 Å². The third kappa shape index (κ3) is 3.95. The van der Waals surface area contributed by atoms with Gasteiger partial charge in [-0.3, -0.25) is 4.79 Å². The van der Waals surface area contributed by atoms with E-state index in [4.69, 9.17) is 11.6 Å². The molecule has 2 rings (SSSR count). The third-order valence-corrected chi connectivity index (χ3v) is 3.86. The summed E-state index contributed by atoms with van der Waals surface area (Å²) >= 11 is 6.87. The zero-order valence-electron chi connectivity index (χ0n) is 10.6. The number of halogens is 2. The van der Waals surface area contributed by atoms with Crippen molar-refractivity contribution >= 4 is 35.1 Å². The standard InChI is InChI=1S/C14H12ClFN2OS/c1-9(20-12-5-3-2-4-11(12)16)14(19)18-13-7-6-10(15)8-17-13/h2-9H,1H3,(H,17,18,19)/t9-/m0/s1. The molecule has 0 aliphatic heterocycles. The number of carbonyl (C=O) groups is 1. The van der Waals surface area contributed by atoms with E-state index < -0.39 is 5.25 Å². The number of pyridine rings is 1. The molecule has 0 radical (unpaired) electrons. The van der Waals surface area contributed by atoms with Crippen LogP contribution in [0.1, 0.15) is 6.92 Å². The van der Waals surface area contributed by atoms with Crippen LogP contribution in [0.5, 0.6) is 0 Å². The number of carbonyl (C=O) groups excluding carboxylic acids is 1. The van der Waals surface area contributed by atoms with Crippen LogP contribution in [0.2, 0.25) is 5.02 Å². The summed E-state index contributed by atoms with van der Waals surface area (Å²) in [6.07, 6.45) is 1.45. The minimum absolute atomic E-state index is 0.243. The lowest BCUT2D eigenvalue weighted by molar-refractivity contribution is -0.115. The molecular weight excluding hydrogens is 299 g/mol. The Hall–Kier alpha value is -1.59. The second-order valence-corrected chi connectivity index (χ2v) is 5.86. The molecule has 1 aromatic heterocycles. The van der Waals surface area contributed by atoms with Gasteiger partial charge in [-0.15, -0.1) is 11.8 Å². The average molecular weight is 311 g/mol. The molecule has 20 heavy (non-hydrogen) atoms. The van der Waals surface area contributed by atoms with Gasteiger partial charge in [0.15, 0.2) is 0 Å². The maximum Gasteiger partial charge on any atom is 0.238 e. The number of hydrogen-bond donors (Lipinski definition) is 1. The molecule has 0 spiro atoms. The Morgan fingerprint density at radius 2 is 2.10 bits per heavy atom. The maximum absolute atomic E-state index is 13.5. The van der Waals surface area contributed by atoms with E-state index in [9.17, 15) is 9.18 Å². The van der Waals surface area contributed by atoms with Gasteiger partial charge in [-0.25, -0.2) is 9.37 Å². The molecule has 0 unspecified atom stereocenters. The summed E-state index contributed by atoms with van der Waals surface area (Å²) in [6.45, 7) is 1.71. The van der Waals surface area contributed by atoms with Crippen LogP contribution in [-0.4, -0.2) is 16.1 Å². The lowest BCUT2D eigenvalue weighted by Gasteiger charge is -2.11. The highest BCUT2D eigenvalue weighted by Gasteiger charge is 2.16. The SMILES string of the molecule is C[C@H](Sc1ccccc1F)C(=O)Nc1ccc(Cl)cn1. The van der Waals surface area contributed by atoms with Crippen LogP contribution in [0.15, 0.2) is 47.5 Å². The van der Waals surface area contributed by atoms with Crippen molar-refractivity contribution in [3.8, 4) is 0 Å². The second kappa shape index (κ2) is 6.72. The van der Waals surface area contributed by atoms with E-state index in [-0.39, 0.29) is 11.7 Å². The maximum atomic E-state index is 13.5. The Labute approximate surface area is 125 Å². The summed E-state index contributed by atoms with van der Waals surface area (Å²) in [5.41, 5.74) is 0. The van der Waals surface area contributed by atoms with Gasteiger partial charge in [-0.2, -0.15) is 0 Å². The molecule has 1 amide bonds. The quantitative estimate of drug-likeness (QED) is 0.868. The van der Waals surface area contributed by atoms with E-state index in [1.807, 2.05) is 0 Å². The summed E-state index contributed by atoms with van der Waals surface area (Å²) in [5.74, 6) is -0.157. The van der Waals surface area contributed by atoms with Gasteiger partial charge in [0.2, 0.25) is 5.91 Å². The van der Waals surface area contributed by atoms with Gasteiger partial charge in [-0.1, -0.05) is 23.7 Å². The van der Waals surface area contributed by atoms with Crippen molar-refractivity contribution in [2.24, 2.45) is 0 Å². The van der Waals surface area contributed by atoms with E-state index in [2.05, 4.69) is 10.3 Å². The Morgan fingerprint density at radius 3 is 2.75 bits per heavy atom. The molecule has 6 heteroatoms. The molecule has 1 heterocycles. The van der Waals surface area contributed by atoms with Crippen LogP contribution in [0.4, 0.5) is 10.2 Å². The predicted octanol–water partition coefficient (Wildman–Crippen LogP) is 3.99. The fourth-order valence-corrected chi connectivity index (χ4v) is 2.46. The Kier molecular flexibility index (Phi) is 4.98. The molecule has 0 bridgehead atoms. The first kappa shape index (κ1) is 14.8.